The second-order valence-corrected chi connectivity index (χ2v) is 6.75. The van der Waals surface area contributed by atoms with Crippen molar-refractivity contribution in [2.24, 2.45) is 0 Å². The summed E-state index contributed by atoms with van der Waals surface area (Å²) in [5, 5.41) is 0. The van der Waals surface area contributed by atoms with Crippen LogP contribution >= 0.6 is 24.8 Å². The number of halogens is 2. The van der Waals surface area contributed by atoms with Gasteiger partial charge in [-0.2, -0.15) is 0 Å². The SMILES string of the molecule is CN1CCC2(CC1)CN(c1ccccc1N)c1ccccc12.Cl.Cl. The summed E-state index contributed by atoms with van der Waals surface area (Å²) in [4.78, 5) is 4.86. The monoisotopic (exact) mass is 365 g/mol. The molecule has 0 bridgehead atoms. The zero-order valence-electron chi connectivity index (χ0n) is 13.9. The average Bonchev–Trinajstić information content (AvgIpc) is 2.86. The first kappa shape index (κ1) is 18.9. The molecule has 24 heavy (non-hydrogen) atoms. The van der Waals surface area contributed by atoms with E-state index in [1.165, 1.54) is 37.2 Å². The predicted octanol–water partition coefficient (Wildman–Crippen LogP) is 4.23. The highest BCUT2D eigenvalue weighted by atomic mass is 35.5. The molecule has 2 aromatic rings. The van der Waals surface area contributed by atoms with E-state index in [1.54, 1.807) is 0 Å². The van der Waals surface area contributed by atoms with E-state index >= 15 is 0 Å². The van der Waals surface area contributed by atoms with Crippen LogP contribution in [0.15, 0.2) is 48.5 Å². The molecule has 2 aliphatic rings. The highest BCUT2D eigenvalue weighted by Crippen LogP contribution is 2.50. The molecule has 0 radical (unpaired) electrons. The van der Waals surface area contributed by atoms with Crippen LogP contribution in [-0.2, 0) is 5.41 Å². The minimum Gasteiger partial charge on any atom is -0.397 e. The lowest BCUT2D eigenvalue weighted by molar-refractivity contribution is 0.198. The lowest BCUT2D eigenvalue weighted by atomic mass is 9.74. The number of likely N-dealkylation sites (tertiary alicyclic amines) is 1. The van der Waals surface area contributed by atoms with Gasteiger partial charge in [0.15, 0.2) is 0 Å². The summed E-state index contributed by atoms with van der Waals surface area (Å²) >= 11 is 0. The normalized spacial score (nSPS) is 18.6. The third-order valence-electron chi connectivity index (χ3n) is 5.40. The van der Waals surface area contributed by atoms with Gasteiger partial charge in [0, 0.05) is 17.6 Å². The van der Waals surface area contributed by atoms with Crippen molar-refractivity contribution >= 4 is 41.9 Å². The van der Waals surface area contributed by atoms with E-state index < -0.39 is 0 Å². The van der Waals surface area contributed by atoms with E-state index in [9.17, 15) is 0 Å². The zero-order valence-corrected chi connectivity index (χ0v) is 15.6. The fourth-order valence-electron chi connectivity index (χ4n) is 4.05. The van der Waals surface area contributed by atoms with Gasteiger partial charge in [0.2, 0.25) is 0 Å². The van der Waals surface area contributed by atoms with Gasteiger partial charge in [0.1, 0.15) is 0 Å². The van der Waals surface area contributed by atoms with E-state index in [1.807, 2.05) is 12.1 Å². The van der Waals surface area contributed by atoms with E-state index in [4.69, 9.17) is 5.73 Å². The first-order valence-corrected chi connectivity index (χ1v) is 8.10. The third-order valence-corrected chi connectivity index (χ3v) is 5.40. The summed E-state index contributed by atoms with van der Waals surface area (Å²) < 4.78 is 0. The fourth-order valence-corrected chi connectivity index (χ4v) is 4.05. The van der Waals surface area contributed by atoms with Gasteiger partial charge in [-0.25, -0.2) is 0 Å². The molecule has 0 atom stereocenters. The second kappa shape index (κ2) is 7.22. The molecule has 0 amide bonds. The predicted molar refractivity (Wildman–Crippen MR) is 107 cm³/mol. The van der Waals surface area contributed by atoms with Crippen molar-refractivity contribution in [2.45, 2.75) is 18.3 Å². The van der Waals surface area contributed by atoms with Gasteiger partial charge in [-0.05, 0) is 56.7 Å². The molecular weight excluding hydrogens is 341 g/mol. The fraction of sp³-hybridized carbons (Fsp3) is 0.368. The number of nitrogens with two attached hydrogens (primary N) is 1. The van der Waals surface area contributed by atoms with Gasteiger partial charge in [0.05, 0.1) is 11.4 Å². The molecule has 2 N–H and O–H groups in total. The first-order valence-electron chi connectivity index (χ1n) is 8.10. The van der Waals surface area contributed by atoms with Crippen molar-refractivity contribution in [1.29, 1.82) is 0 Å². The van der Waals surface area contributed by atoms with Crippen LogP contribution in [0, 0.1) is 0 Å². The van der Waals surface area contributed by atoms with Gasteiger partial charge in [-0.3, -0.25) is 0 Å². The first-order chi connectivity index (χ1) is 10.7. The van der Waals surface area contributed by atoms with E-state index in [-0.39, 0.29) is 30.2 Å². The Balaban J connectivity index is 0.00000104. The molecule has 1 saturated heterocycles. The summed E-state index contributed by atoms with van der Waals surface area (Å²) in [6.45, 7) is 3.40. The number of hydrogen-bond acceptors (Lipinski definition) is 3. The van der Waals surface area contributed by atoms with Crippen LogP contribution in [0.3, 0.4) is 0 Å². The number of fused-ring (bicyclic) bond motifs is 2. The second-order valence-electron chi connectivity index (χ2n) is 6.75. The smallest absolute Gasteiger partial charge is 0.0644 e. The molecule has 1 spiro atoms. The average molecular weight is 366 g/mol. The Morgan fingerprint density at radius 2 is 1.46 bits per heavy atom. The van der Waals surface area contributed by atoms with Crippen LogP contribution in [-0.4, -0.2) is 31.6 Å². The van der Waals surface area contributed by atoms with Gasteiger partial charge in [-0.15, -0.1) is 24.8 Å². The molecule has 5 heteroatoms. The highest BCUT2D eigenvalue weighted by Gasteiger charge is 2.44. The maximum atomic E-state index is 6.25. The quantitative estimate of drug-likeness (QED) is 0.767. The van der Waals surface area contributed by atoms with Gasteiger partial charge in [0.25, 0.3) is 0 Å². The van der Waals surface area contributed by atoms with E-state index in [2.05, 4.69) is 53.2 Å². The molecule has 4 rings (SSSR count). The number of para-hydroxylation sites is 3. The topological polar surface area (TPSA) is 32.5 Å². The molecule has 2 heterocycles. The summed E-state index contributed by atoms with van der Waals surface area (Å²) in [6, 6.07) is 17.1. The molecule has 1 fully saturated rings. The van der Waals surface area contributed by atoms with Crippen molar-refractivity contribution in [1.82, 2.24) is 4.90 Å². The van der Waals surface area contributed by atoms with Crippen LogP contribution in [0.4, 0.5) is 17.1 Å². The Morgan fingerprint density at radius 1 is 0.875 bits per heavy atom. The van der Waals surface area contributed by atoms with E-state index in [0.717, 1.165) is 17.9 Å². The minimum atomic E-state index is 0. The number of nitrogens with zero attached hydrogens (tertiary/aromatic N) is 2. The number of piperidine rings is 1. The van der Waals surface area contributed by atoms with Gasteiger partial charge in [-0.1, -0.05) is 30.3 Å². The number of anilines is 3. The zero-order chi connectivity index (χ0) is 15.2. The number of benzene rings is 2. The third kappa shape index (κ3) is 2.97. The molecule has 130 valence electrons. The van der Waals surface area contributed by atoms with Crippen LogP contribution in [0.25, 0.3) is 0 Å². The van der Waals surface area contributed by atoms with Crippen molar-refractivity contribution < 1.29 is 0 Å². The summed E-state index contributed by atoms with van der Waals surface area (Å²) in [5.41, 5.74) is 11.4. The lowest BCUT2D eigenvalue weighted by Crippen LogP contribution is -2.43. The standard InChI is InChI=1S/C19H23N3.2ClH/c1-21-12-10-19(11-13-21)14-22(17-8-4-2-6-15(17)19)18-9-5-3-7-16(18)20;;/h2-9H,10-14,20H2,1H3;2*1H. The Hall–Kier alpha value is -1.42. The van der Waals surface area contributed by atoms with Gasteiger partial charge >= 0.3 is 0 Å². The highest BCUT2D eigenvalue weighted by molar-refractivity contribution is 5.85. The summed E-state index contributed by atoms with van der Waals surface area (Å²) in [7, 11) is 2.22. The van der Waals surface area contributed by atoms with Crippen LogP contribution in [0.5, 0.6) is 0 Å². The number of rotatable bonds is 1. The van der Waals surface area contributed by atoms with Crippen LogP contribution in [0.1, 0.15) is 18.4 Å². The minimum absolute atomic E-state index is 0. The maximum absolute atomic E-state index is 6.25. The Kier molecular flexibility index (Phi) is 5.69. The molecule has 0 aliphatic carbocycles. The van der Waals surface area contributed by atoms with E-state index in [0.29, 0.717) is 0 Å². The Labute approximate surface area is 156 Å². The Bertz CT molecular complexity index is 697. The largest absolute Gasteiger partial charge is 0.397 e. The Morgan fingerprint density at radius 3 is 2.12 bits per heavy atom. The lowest BCUT2D eigenvalue weighted by Gasteiger charge is -2.38. The van der Waals surface area contributed by atoms with Crippen molar-refractivity contribution in [2.75, 3.05) is 37.3 Å². The summed E-state index contributed by atoms with van der Waals surface area (Å²) in [5.74, 6) is 0. The number of hydrogen-bond donors (Lipinski definition) is 1. The van der Waals surface area contributed by atoms with Crippen molar-refractivity contribution in [3.63, 3.8) is 0 Å². The summed E-state index contributed by atoms with van der Waals surface area (Å²) in [6.07, 6.45) is 2.45. The molecular formula is C19H25Cl2N3. The maximum Gasteiger partial charge on any atom is 0.0644 e. The van der Waals surface area contributed by atoms with Gasteiger partial charge < -0.3 is 15.5 Å². The molecule has 3 nitrogen and oxygen atoms in total. The molecule has 2 aliphatic heterocycles. The molecule has 0 unspecified atom stereocenters. The molecule has 2 aromatic carbocycles. The van der Waals surface area contributed by atoms with Crippen LogP contribution in [0.2, 0.25) is 0 Å². The van der Waals surface area contributed by atoms with Crippen molar-refractivity contribution in [3.8, 4) is 0 Å². The number of nitrogen functional groups attached to an aromatic ring is 1. The molecule has 0 aromatic heterocycles. The van der Waals surface area contributed by atoms with Crippen LogP contribution < -0.4 is 10.6 Å². The molecule has 0 saturated carbocycles. The van der Waals surface area contributed by atoms with Crippen molar-refractivity contribution in [3.05, 3.63) is 54.1 Å².